The van der Waals surface area contributed by atoms with Gasteiger partial charge in [0.1, 0.15) is 11.1 Å². The first kappa shape index (κ1) is 23.7. The number of nitrogens with one attached hydrogen (secondary N) is 2. The van der Waals surface area contributed by atoms with Crippen LogP contribution in [0.25, 0.3) is 10.6 Å². The molecule has 0 unspecified atom stereocenters. The Hall–Kier alpha value is -2.50. The maximum absolute atomic E-state index is 13.3. The molecule has 180 valence electrons. The Kier molecular flexibility index (Phi) is 7.61. The Morgan fingerprint density at radius 3 is 2.91 bits per heavy atom. The van der Waals surface area contributed by atoms with Gasteiger partial charge in [-0.3, -0.25) is 9.48 Å². The van der Waals surface area contributed by atoms with E-state index in [1.54, 1.807) is 17.5 Å². The minimum atomic E-state index is -0.442. The monoisotopic (exact) mass is 476 g/mol. The molecule has 2 amide bonds. The van der Waals surface area contributed by atoms with Gasteiger partial charge in [-0.2, -0.15) is 5.10 Å². The van der Waals surface area contributed by atoms with Crippen molar-refractivity contribution in [2.45, 2.75) is 50.8 Å². The zero-order valence-electron chi connectivity index (χ0n) is 19.4. The largest absolute Gasteiger partial charge is 0.453 e. The molecule has 11 heteroatoms. The molecular formula is C22H32N6O4S. The van der Waals surface area contributed by atoms with Gasteiger partial charge in [0.05, 0.1) is 36.0 Å². The number of morpholine rings is 1. The summed E-state index contributed by atoms with van der Waals surface area (Å²) >= 11 is 1.61. The average molecular weight is 477 g/mol. The number of alkyl carbamates (subject to hydrolysis) is 1. The van der Waals surface area contributed by atoms with Crippen molar-refractivity contribution in [3.8, 4) is 10.6 Å². The van der Waals surface area contributed by atoms with Crippen LogP contribution in [0.4, 0.5) is 4.79 Å². The maximum Gasteiger partial charge on any atom is 0.406 e. The summed E-state index contributed by atoms with van der Waals surface area (Å²) in [4.78, 5) is 32.7. The Morgan fingerprint density at radius 1 is 1.45 bits per heavy atom. The molecule has 1 aliphatic carbocycles. The third-order valence-electron chi connectivity index (χ3n) is 5.98. The van der Waals surface area contributed by atoms with Crippen molar-refractivity contribution in [1.29, 1.82) is 0 Å². The van der Waals surface area contributed by atoms with Crippen molar-refractivity contribution in [1.82, 2.24) is 30.3 Å². The summed E-state index contributed by atoms with van der Waals surface area (Å²) in [5, 5.41) is 11.2. The van der Waals surface area contributed by atoms with Crippen LogP contribution in [0.5, 0.6) is 0 Å². The normalized spacial score (nSPS) is 19.2. The molecule has 4 rings (SSSR count). The first-order valence-electron chi connectivity index (χ1n) is 11.4. The molecule has 0 aromatic carbocycles. The number of nitrogens with zero attached hydrogens (tertiary/aromatic N) is 4. The number of thiazole rings is 1. The third kappa shape index (κ3) is 5.53. The summed E-state index contributed by atoms with van der Waals surface area (Å²) in [5.74, 6) is 0.0401. The van der Waals surface area contributed by atoms with Gasteiger partial charge in [-0.25, -0.2) is 9.78 Å². The molecule has 2 aliphatic rings. The van der Waals surface area contributed by atoms with E-state index in [1.165, 1.54) is 7.11 Å². The van der Waals surface area contributed by atoms with Gasteiger partial charge in [0.25, 0.3) is 5.91 Å². The Labute approximate surface area is 197 Å². The first-order chi connectivity index (χ1) is 16.0. The van der Waals surface area contributed by atoms with Crippen LogP contribution in [-0.2, 0) is 27.7 Å². The van der Waals surface area contributed by atoms with Crippen LogP contribution >= 0.6 is 11.3 Å². The highest BCUT2D eigenvalue weighted by Crippen LogP contribution is 2.39. The fraction of sp³-hybridized carbons (Fsp3) is 0.636. The van der Waals surface area contributed by atoms with Crippen molar-refractivity contribution < 1.29 is 19.1 Å². The van der Waals surface area contributed by atoms with Gasteiger partial charge in [-0.1, -0.05) is 0 Å². The van der Waals surface area contributed by atoms with Gasteiger partial charge < -0.3 is 25.0 Å². The lowest BCUT2D eigenvalue weighted by molar-refractivity contribution is -0.148. The molecule has 1 aliphatic heterocycles. The number of hydrogen-bond donors (Lipinski definition) is 2. The van der Waals surface area contributed by atoms with Gasteiger partial charge >= 0.3 is 6.09 Å². The van der Waals surface area contributed by atoms with Crippen molar-refractivity contribution in [2.24, 2.45) is 7.05 Å². The van der Waals surface area contributed by atoms with Crippen LogP contribution < -0.4 is 10.6 Å². The minimum Gasteiger partial charge on any atom is -0.453 e. The SMILES string of the molecule is COC(=O)NCCCc1nc([C@@H](C)N(C(=O)[C@H]2CNCCO2)C2CC2)sc1-c1ccnn1C. The van der Waals surface area contributed by atoms with Crippen LogP contribution in [0, 0.1) is 0 Å². The molecule has 2 N–H and O–H groups in total. The fourth-order valence-electron chi connectivity index (χ4n) is 4.08. The molecule has 2 fully saturated rings. The molecule has 0 radical (unpaired) electrons. The molecular weight excluding hydrogens is 444 g/mol. The summed E-state index contributed by atoms with van der Waals surface area (Å²) in [6.07, 6.45) is 4.35. The molecule has 1 saturated carbocycles. The summed E-state index contributed by atoms with van der Waals surface area (Å²) in [6.45, 7) is 4.43. The Morgan fingerprint density at radius 2 is 2.27 bits per heavy atom. The first-order valence-corrected chi connectivity index (χ1v) is 12.3. The van der Waals surface area contributed by atoms with E-state index in [0.717, 1.165) is 47.1 Å². The molecule has 10 nitrogen and oxygen atoms in total. The van der Waals surface area contributed by atoms with Crippen molar-refractivity contribution >= 4 is 23.3 Å². The predicted molar refractivity (Wildman–Crippen MR) is 124 cm³/mol. The number of aromatic nitrogens is 3. The van der Waals surface area contributed by atoms with E-state index in [9.17, 15) is 9.59 Å². The highest BCUT2D eigenvalue weighted by atomic mass is 32.1. The maximum atomic E-state index is 13.3. The van der Waals surface area contributed by atoms with Crippen LogP contribution in [-0.4, -0.2) is 77.2 Å². The van der Waals surface area contributed by atoms with E-state index in [4.69, 9.17) is 9.72 Å². The zero-order chi connectivity index (χ0) is 23.4. The highest BCUT2D eigenvalue weighted by molar-refractivity contribution is 7.15. The van der Waals surface area contributed by atoms with Gasteiger partial charge in [0.2, 0.25) is 0 Å². The number of amides is 2. The van der Waals surface area contributed by atoms with Gasteiger partial charge in [0.15, 0.2) is 0 Å². The van der Waals surface area contributed by atoms with E-state index >= 15 is 0 Å². The minimum absolute atomic E-state index is 0.0401. The second-order valence-electron chi connectivity index (χ2n) is 8.41. The average Bonchev–Trinajstić information content (AvgIpc) is 3.43. The van der Waals surface area contributed by atoms with Gasteiger partial charge in [-0.15, -0.1) is 11.3 Å². The number of aryl methyl sites for hydroxylation is 2. The number of hydrogen-bond acceptors (Lipinski definition) is 8. The summed E-state index contributed by atoms with van der Waals surface area (Å²) in [6, 6.07) is 2.08. The lowest BCUT2D eigenvalue weighted by atomic mass is 10.1. The third-order valence-corrected chi connectivity index (χ3v) is 7.28. The number of carbonyl (C=O) groups excluding carboxylic acids is 2. The standard InChI is InChI=1S/C22H32N6O4S/c1-14(28(15-6-7-15)21(29)18-13-23-11-12-32-18)20-26-16(5-4-9-24-22(30)31-3)19(33-20)17-8-10-25-27(17)2/h8,10,14-15,18,23H,4-7,9,11-13H2,1-3H3,(H,24,30)/t14-,18-/m1/s1. The lowest BCUT2D eigenvalue weighted by Crippen LogP contribution is -2.50. The number of carbonyl (C=O) groups is 2. The van der Waals surface area contributed by atoms with Gasteiger partial charge in [0, 0.05) is 38.9 Å². The van der Waals surface area contributed by atoms with Crippen molar-refractivity contribution in [3.05, 3.63) is 23.0 Å². The van der Waals surface area contributed by atoms with Crippen molar-refractivity contribution in [3.63, 3.8) is 0 Å². The second-order valence-corrected chi connectivity index (χ2v) is 9.44. The highest BCUT2D eigenvalue weighted by Gasteiger charge is 2.41. The molecule has 3 heterocycles. The summed E-state index contributed by atoms with van der Waals surface area (Å²) in [5.41, 5.74) is 1.95. The van der Waals surface area contributed by atoms with E-state index < -0.39 is 12.2 Å². The van der Waals surface area contributed by atoms with Crippen molar-refractivity contribution in [2.75, 3.05) is 33.4 Å². The van der Waals surface area contributed by atoms with Gasteiger partial charge in [-0.05, 0) is 38.7 Å². The topological polar surface area (TPSA) is 111 Å². The van der Waals surface area contributed by atoms with Crippen LogP contribution in [0.15, 0.2) is 12.3 Å². The zero-order valence-corrected chi connectivity index (χ0v) is 20.2. The quantitative estimate of drug-likeness (QED) is 0.532. The summed E-state index contributed by atoms with van der Waals surface area (Å²) in [7, 11) is 3.26. The second kappa shape index (κ2) is 10.6. The van der Waals surface area contributed by atoms with E-state index in [0.29, 0.717) is 26.1 Å². The predicted octanol–water partition coefficient (Wildman–Crippen LogP) is 1.87. The van der Waals surface area contributed by atoms with E-state index in [1.807, 2.05) is 22.7 Å². The molecule has 2 aromatic rings. The fourth-order valence-corrected chi connectivity index (χ4v) is 5.30. The smallest absolute Gasteiger partial charge is 0.406 e. The number of ether oxygens (including phenoxy) is 2. The molecule has 0 spiro atoms. The number of methoxy groups -OCH3 is 1. The van der Waals surface area contributed by atoms with Crippen LogP contribution in [0.1, 0.15) is 42.9 Å². The van der Waals surface area contributed by atoms with Crippen LogP contribution in [0.3, 0.4) is 0 Å². The molecule has 0 bridgehead atoms. The van der Waals surface area contributed by atoms with E-state index in [-0.39, 0.29) is 18.0 Å². The lowest BCUT2D eigenvalue weighted by Gasteiger charge is -2.33. The van der Waals surface area contributed by atoms with E-state index in [2.05, 4.69) is 27.4 Å². The Balaban J connectivity index is 1.55. The summed E-state index contributed by atoms with van der Waals surface area (Å²) < 4.78 is 12.2. The Bertz CT molecular complexity index is 966. The van der Waals surface area contributed by atoms with Crippen LogP contribution in [0.2, 0.25) is 0 Å². The molecule has 33 heavy (non-hydrogen) atoms. The molecule has 1 saturated heterocycles. The molecule has 2 aromatic heterocycles. The molecule has 2 atom stereocenters. The number of rotatable bonds is 9.